The Morgan fingerprint density at radius 2 is 1.93 bits per heavy atom. The second-order valence-electron chi connectivity index (χ2n) is 6.95. The van der Waals surface area contributed by atoms with Crippen molar-refractivity contribution in [3.05, 3.63) is 77.0 Å². The molecule has 4 rings (SSSR count). The van der Waals surface area contributed by atoms with Crippen LogP contribution < -0.4 is 0 Å². The average molecular weight is 410 g/mol. The highest BCUT2D eigenvalue weighted by atomic mass is 32.2. The number of carbonyl (C=O) groups is 1. The van der Waals surface area contributed by atoms with Gasteiger partial charge in [-0.1, -0.05) is 43.5 Å². The molecule has 150 valence electrons. The number of benzene rings is 1. The zero-order chi connectivity index (χ0) is 20.5. The van der Waals surface area contributed by atoms with Gasteiger partial charge in [-0.05, 0) is 18.6 Å². The van der Waals surface area contributed by atoms with Gasteiger partial charge in [-0.3, -0.25) is 9.00 Å². The highest BCUT2D eigenvalue weighted by molar-refractivity contribution is 7.88. The minimum Gasteiger partial charge on any atom is -0.378 e. The molecule has 0 spiro atoms. The third-order valence-corrected chi connectivity index (χ3v) is 6.69. The lowest BCUT2D eigenvalue weighted by atomic mass is 10.0. The van der Waals surface area contributed by atoms with Crippen LogP contribution in [0.2, 0.25) is 0 Å². The van der Waals surface area contributed by atoms with Gasteiger partial charge in [0, 0.05) is 29.1 Å². The van der Waals surface area contributed by atoms with E-state index in [1.807, 2.05) is 31.2 Å². The third-order valence-electron chi connectivity index (χ3n) is 5.26. The molecule has 1 saturated heterocycles. The maximum atomic E-state index is 13.3. The highest BCUT2D eigenvalue weighted by Crippen LogP contribution is 2.37. The number of morpholine rings is 1. The first-order valence-electron chi connectivity index (χ1n) is 9.49. The molecule has 0 saturated carbocycles. The minimum atomic E-state index is -1.31. The van der Waals surface area contributed by atoms with Crippen LogP contribution in [0.5, 0.6) is 0 Å². The number of nitrogens with zero attached hydrogens (tertiary/aromatic N) is 3. The van der Waals surface area contributed by atoms with E-state index in [1.165, 1.54) is 0 Å². The van der Waals surface area contributed by atoms with Gasteiger partial charge in [0.1, 0.15) is 0 Å². The number of hydrogen-bond donors (Lipinski definition) is 0. The molecule has 1 unspecified atom stereocenters. The van der Waals surface area contributed by atoms with Crippen molar-refractivity contribution in [1.82, 2.24) is 14.7 Å². The van der Waals surface area contributed by atoms with Crippen LogP contribution in [0.4, 0.5) is 0 Å². The monoisotopic (exact) mass is 409 g/mol. The van der Waals surface area contributed by atoms with Crippen molar-refractivity contribution in [3.63, 3.8) is 0 Å². The van der Waals surface area contributed by atoms with E-state index in [9.17, 15) is 9.00 Å². The van der Waals surface area contributed by atoms with Gasteiger partial charge in [-0.25, -0.2) is 4.68 Å². The first-order chi connectivity index (χ1) is 14.1. The van der Waals surface area contributed by atoms with Crippen LogP contribution in [-0.2, 0) is 21.3 Å². The number of hydrogen-bond acceptors (Lipinski definition) is 4. The van der Waals surface area contributed by atoms with E-state index in [-0.39, 0.29) is 11.7 Å². The van der Waals surface area contributed by atoms with E-state index in [4.69, 9.17) is 9.84 Å². The molecule has 29 heavy (non-hydrogen) atoms. The summed E-state index contributed by atoms with van der Waals surface area (Å²) in [5.41, 5.74) is 4.42. The molecule has 3 heterocycles. The quantitative estimate of drug-likeness (QED) is 0.779. The van der Waals surface area contributed by atoms with Crippen molar-refractivity contribution < 1.29 is 13.7 Å². The van der Waals surface area contributed by atoms with Crippen LogP contribution in [0.3, 0.4) is 0 Å². The fourth-order valence-corrected chi connectivity index (χ4v) is 5.08. The van der Waals surface area contributed by atoms with Crippen LogP contribution in [0.1, 0.15) is 27.3 Å². The fourth-order valence-electron chi connectivity index (χ4n) is 3.78. The Hall–Kier alpha value is -2.77. The molecule has 0 radical (unpaired) electrons. The number of allylic oxidation sites excluding steroid dienone is 3. The molecule has 2 aliphatic rings. The predicted octanol–water partition coefficient (Wildman–Crippen LogP) is 3.00. The molecule has 0 N–H and O–H groups in total. The van der Waals surface area contributed by atoms with Crippen LogP contribution in [0.15, 0.2) is 54.5 Å². The number of carbonyl (C=O) groups excluding carboxylic acids is 1. The Morgan fingerprint density at radius 1 is 1.21 bits per heavy atom. The molecule has 1 amide bonds. The maximum absolute atomic E-state index is 13.3. The second-order valence-corrected chi connectivity index (χ2v) is 8.37. The minimum absolute atomic E-state index is 0.153. The summed E-state index contributed by atoms with van der Waals surface area (Å²) >= 11 is 0. The average Bonchev–Trinajstić information content (AvgIpc) is 3.11. The SMILES string of the molecule is C=CC1=C(C=C)S(=O)Cc2c(C(=O)N3CCOCC3)nn(-c3ccccc3C)c21. The first-order valence-corrected chi connectivity index (χ1v) is 10.8. The Kier molecular flexibility index (Phi) is 5.34. The zero-order valence-electron chi connectivity index (χ0n) is 16.4. The van der Waals surface area contributed by atoms with Gasteiger partial charge in [0.2, 0.25) is 0 Å². The number of aryl methyl sites for hydroxylation is 1. The number of ether oxygens (including phenoxy) is 1. The fraction of sp³-hybridized carbons (Fsp3) is 0.273. The summed E-state index contributed by atoms with van der Waals surface area (Å²) in [6.07, 6.45) is 3.28. The molecule has 0 bridgehead atoms. The van der Waals surface area contributed by atoms with Gasteiger partial charge < -0.3 is 9.64 Å². The first kappa shape index (κ1) is 19.5. The van der Waals surface area contributed by atoms with Gasteiger partial charge in [0.05, 0.1) is 41.1 Å². The lowest BCUT2D eigenvalue weighted by Crippen LogP contribution is -2.41. The van der Waals surface area contributed by atoms with Gasteiger partial charge in [-0.2, -0.15) is 5.10 Å². The largest absolute Gasteiger partial charge is 0.378 e. The molecule has 1 aromatic carbocycles. The summed E-state index contributed by atoms with van der Waals surface area (Å²) in [6.45, 7) is 11.8. The van der Waals surface area contributed by atoms with E-state index in [1.54, 1.807) is 21.7 Å². The molecular formula is C22H23N3O3S. The highest BCUT2D eigenvalue weighted by Gasteiger charge is 2.34. The summed E-state index contributed by atoms with van der Waals surface area (Å²) in [4.78, 5) is 15.7. The number of para-hydroxylation sites is 1. The molecule has 6 nitrogen and oxygen atoms in total. The number of aromatic nitrogens is 2. The second kappa shape index (κ2) is 7.93. The van der Waals surface area contributed by atoms with Crippen molar-refractivity contribution in [1.29, 1.82) is 0 Å². The maximum Gasteiger partial charge on any atom is 0.274 e. The van der Waals surface area contributed by atoms with Crippen molar-refractivity contribution in [2.75, 3.05) is 26.3 Å². The van der Waals surface area contributed by atoms with Gasteiger partial charge >= 0.3 is 0 Å². The lowest BCUT2D eigenvalue weighted by molar-refractivity contribution is 0.0298. The number of fused-ring (bicyclic) bond motifs is 1. The molecular weight excluding hydrogens is 386 g/mol. The van der Waals surface area contributed by atoms with Crippen LogP contribution in [0, 0.1) is 6.92 Å². The normalized spacial score (nSPS) is 19.1. The van der Waals surface area contributed by atoms with Gasteiger partial charge in [0.25, 0.3) is 5.91 Å². The van der Waals surface area contributed by atoms with Crippen LogP contribution >= 0.6 is 0 Å². The molecule has 2 aliphatic heterocycles. The van der Waals surface area contributed by atoms with E-state index >= 15 is 0 Å². The molecule has 0 aliphatic carbocycles. The number of amides is 1. The van der Waals surface area contributed by atoms with E-state index in [0.717, 1.165) is 16.9 Å². The predicted molar refractivity (Wildman–Crippen MR) is 114 cm³/mol. The van der Waals surface area contributed by atoms with Gasteiger partial charge in [0.15, 0.2) is 5.69 Å². The molecule has 1 atom stereocenters. The molecule has 2 aromatic rings. The summed E-state index contributed by atoms with van der Waals surface area (Å²) < 4.78 is 20.0. The van der Waals surface area contributed by atoms with Crippen LogP contribution in [-0.4, -0.2) is 51.1 Å². The smallest absolute Gasteiger partial charge is 0.274 e. The topological polar surface area (TPSA) is 64.4 Å². The summed E-state index contributed by atoms with van der Waals surface area (Å²) in [6, 6.07) is 7.86. The summed E-state index contributed by atoms with van der Waals surface area (Å²) in [5, 5.41) is 4.73. The Labute approximate surface area is 172 Å². The number of rotatable bonds is 4. The third kappa shape index (κ3) is 3.30. The van der Waals surface area contributed by atoms with E-state index < -0.39 is 10.8 Å². The Balaban J connectivity index is 1.96. The molecule has 1 aromatic heterocycles. The van der Waals surface area contributed by atoms with Crippen molar-refractivity contribution >= 4 is 22.3 Å². The lowest BCUT2D eigenvalue weighted by Gasteiger charge is -2.26. The van der Waals surface area contributed by atoms with Crippen molar-refractivity contribution in [2.24, 2.45) is 0 Å². The van der Waals surface area contributed by atoms with E-state index in [2.05, 4.69) is 13.2 Å². The summed E-state index contributed by atoms with van der Waals surface area (Å²) in [5.74, 6) is 0.0741. The summed E-state index contributed by atoms with van der Waals surface area (Å²) in [7, 11) is -1.31. The van der Waals surface area contributed by atoms with Crippen molar-refractivity contribution in [3.8, 4) is 5.69 Å². The van der Waals surface area contributed by atoms with Gasteiger partial charge in [-0.15, -0.1) is 0 Å². The van der Waals surface area contributed by atoms with E-state index in [0.29, 0.717) is 48.0 Å². The van der Waals surface area contributed by atoms with Crippen LogP contribution in [0.25, 0.3) is 11.3 Å². The Morgan fingerprint density at radius 3 is 2.59 bits per heavy atom. The van der Waals surface area contributed by atoms with Crippen molar-refractivity contribution in [2.45, 2.75) is 12.7 Å². The molecule has 7 heteroatoms. The molecule has 1 fully saturated rings. The standard InChI is InChI=1S/C22H23N3O3S/c1-4-16-19(5-2)29(27)14-17-20(22(26)24-10-12-28-13-11-24)23-25(21(16)17)18-9-7-6-8-15(18)3/h4-9H,1-2,10-14H2,3H3. The zero-order valence-corrected chi connectivity index (χ0v) is 17.2. The Bertz CT molecular complexity index is 1060.